The molecule has 0 spiro atoms. The Balaban J connectivity index is 2.04. The van der Waals surface area contributed by atoms with Gasteiger partial charge in [-0.25, -0.2) is 4.79 Å². The van der Waals surface area contributed by atoms with E-state index in [-0.39, 0.29) is 11.3 Å². The van der Waals surface area contributed by atoms with Crippen LogP contribution >= 0.6 is 11.6 Å². The van der Waals surface area contributed by atoms with Crippen LogP contribution in [0, 0.1) is 0 Å². The maximum absolute atomic E-state index is 11.9. The van der Waals surface area contributed by atoms with Gasteiger partial charge in [-0.1, -0.05) is 30.3 Å². The van der Waals surface area contributed by atoms with Crippen LogP contribution in [0.1, 0.15) is 22.8 Å². The quantitative estimate of drug-likeness (QED) is 0.477. The van der Waals surface area contributed by atoms with E-state index in [0.717, 1.165) is 12.0 Å². The van der Waals surface area contributed by atoms with Crippen molar-refractivity contribution in [2.24, 2.45) is 0 Å². The molecule has 2 rings (SSSR count). The fourth-order valence-electron chi connectivity index (χ4n) is 1.76. The molecule has 0 aromatic heterocycles. The van der Waals surface area contributed by atoms with E-state index in [1.165, 1.54) is 0 Å². The molecule has 2 aromatic rings. The predicted octanol–water partition coefficient (Wildman–Crippen LogP) is 4.08. The van der Waals surface area contributed by atoms with Crippen LogP contribution in [0.4, 0.5) is 0 Å². The van der Waals surface area contributed by atoms with Gasteiger partial charge in [0.1, 0.15) is 5.75 Å². The summed E-state index contributed by atoms with van der Waals surface area (Å²) in [5.74, 6) is 0.197. The highest BCUT2D eigenvalue weighted by molar-refractivity contribution is 6.20. The third kappa shape index (κ3) is 4.11. The molecule has 1 atom stereocenters. The Hall–Kier alpha value is -1.80. The maximum atomic E-state index is 11.9. The van der Waals surface area contributed by atoms with E-state index in [9.17, 15) is 4.79 Å². The summed E-state index contributed by atoms with van der Waals surface area (Å²) in [5.41, 5.74) is 1.65. The molecule has 0 N–H and O–H groups in total. The summed E-state index contributed by atoms with van der Waals surface area (Å²) in [7, 11) is 0. The fourth-order valence-corrected chi connectivity index (χ4v) is 1.93. The van der Waals surface area contributed by atoms with E-state index in [1.54, 1.807) is 24.3 Å². The Kier molecular flexibility index (Phi) is 4.58. The molecule has 98 valence electrons. The maximum Gasteiger partial charge on any atom is 0.343 e. The van der Waals surface area contributed by atoms with Gasteiger partial charge in [-0.3, -0.25) is 0 Å². The second-order valence-corrected chi connectivity index (χ2v) is 5.13. The molecular weight excluding hydrogens is 260 g/mol. The standard InChI is InChI=1S/C16H15ClO2/c1-12(17)11-13-7-9-14(10-8-13)16(18)19-15-5-3-2-4-6-15/h2-10,12H,11H2,1H3. The highest BCUT2D eigenvalue weighted by atomic mass is 35.5. The first-order valence-electron chi connectivity index (χ1n) is 6.15. The minimum atomic E-state index is -0.350. The number of hydrogen-bond donors (Lipinski definition) is 0. The minimum absolute atomic E-state index is 0.0853. The van der Waals surface area contributed by atoms with Crippen molar-refractivity contribution < 1.29 is 9.53 Å². The average molecular weight is 275 g/mol. The van der Waals surface area contributed by atoms with Gasteiger partial charge in [0.2, 0.25) is 0 Å². The summed E-state index contributed by atoms with van der Waals surface area (Å²) in [5, 5.41) is 0.0853. The molecule has 0 heterocycles. The topological polar surface area (TPSA) is 26.3 Å². The highest BCUT2D eigenvalue weighted by Crippen LogP contribution is 2.13. The molecule has 2 aromatic carbocycles. The second-order valence-electron chi connectivity index (χ2n) is 4.38. The number of ether oxygens (including phenoxy) is 1. The Morgan fingerprint density at radius 2 is 1.74 bits per heavy atom. The van der Waals surface area contributed by atoms with Gasteiger partial charge in [0, 0.05) is 5.38 Å². The van der Waals surface area contributed by atoms with Crippen molar-refractivity contribution in [3.63, 3.8) is 0 Å². The van der Waals surface area contributed by atoms with E-state index in [1.807, 2.05) is 37.3 Å². The number of alkyl halides is 1. The van der Waals surface area contributed by atoms with Crippen molar-refractivity contribution >= 4 is 17.6 Å². The molecule has 3 heteroatoms. The van der Waals surface area contributed by atoms with Gasteiger partial charge in [0.25, 0.3) is 0 Å². The SMILES string of the molecule is CC(Cl)Cc1ccc(C(=O)Oc2ccccc2)cc1. The van der Waals surface area contributed by atoms with Gasteiger partial charge in [-0.2, -0.15) is 0 Å². The molecular formula is C16H15ClO2. The van der Waals surface area contributed by atoms with Crippen molar-refractivity contribution in [2.45, 2.75) is 18.7 Å². The lowest BCUT2D eigenvalue weighted by molar-refractivity contribution is 0.0735. The fraction of sp³-hybridized carbons (Fsp3) is 0.188. The van der Waals surface area contributed by atoms with Gasteiger partial charge < -0.3 is 4.74 Å². The van der Waals surface area contributed by atoms with Crippen LogP contribution < -0.4 is 4.74 Å². The summed E-state index contributed by atoms with van der Waals surface area (Å²) in [6, 6.07) is 16.4. The zero-order valence-electron chi connectivity index (χ0n) is 10.7. The van der Waals surface area contributed by atoms with E-state index in [2.05, 4.69) is 0 Å². The number of rotatable bonds is 4. The Morgan fingerprint density at radius 3 is 2.32 bits per heavy atom. The van der Waals surface area contributed by atoms with Gasteiger partial charge in [-0.15, -0.1) is 11.6 Å². The lowest BCUT2D eigenvalue weighted by atomic mass is 10.1. The zero-order valence-corrected chi connectivity index (χ0v) is 11.4. The molecule has 0 saturated carbocycles. The summed E-state index contributed by atoms with van der Waals surface area (Å²) < 4.78 is 5.26. The number of hydrogen-bond acceptors (Lipinski definition) is 2. The van der Waals surface area contributed by atoms with Gasteiger partial charge in [0.05, 0.1) is 5.56 Å². The van der Waals surface area contributed by atoms with Crippen LogP contribution in [0.3, 0.4) is 0 Å². The predicted molar refractivity (Wildman–Crippen MR) is 76.9 cm³/mol. The van der Waals surface area contributed by atoms with E-state index in [4.69, 9.17) is 16.3 Å². The molecule has 0 aliphatic carbocycles. The second kappa shape index (κ2) is 6.39. The molecule has 0 fully saturated rings. The molecule has 0 bridgehead atoms. The lowest BCUT2D eigenvalue weighted by Gasteiger charge is -2.06. The zero-order chi connectivity index (χ0) is 13.7. The molecule has 0 aliphatic rings. The largest absolute Gasteiger partial charge is 0.423 e. The number of benzene rings is 2. The smallest absolute Gasteiger partial charge is 0.343 e. The van der Waals surface area contributed by atoms with Crippen LogP contribution in [-0.2, 0) is 6.42 Å². The Morgan fingerprint density at radius 1 is 1.11 bits per heavy atom. The minimum Gasteiger partial charge on any atom is -0.423 e. The number of esters is 1. The van der Waals surface area contributed by atoms with Crippen molar-refractivity contribution in [3.8, 4) is 5.75 Å². The number of halogens is 1. The lowest BCUT2D eigenvalue weighted by Crippen LogP contribution is -2.08. The first-order chi connectivity index (χ1) is 9.15. The molecule has 0 aliphatic heterocycles. The van der Waals surface area contributed by atoms with Crippen molar-refractivity contribution in [1.29, 1.82) is 0 Å². The third-order valence-electron chi connectivity index (χ3n) is 2.66. The van der Waals surface area contributed by atoms with Crippen LogP contribution in [-0.4, -0.2) is 11.3 Å². The van der Waals surface area contributed by atoms with E-state index >= 15 is 0 Å². The summed E-state index contributed by atoms with van der Waals surface area (Å²) in [6.45, 7) is 1.94. The molecule has 0 amide bonds. The highest BCUT2D eigenvalue weighted by Gasteiger charge is 2.08. The first-order valence-corrected chi connectivity index (χ1v) is 6.59. The van der Waals surface area contributed by atoms with E-state index < -0.39 is 0 Å². The van der Waals surface area contributed by atoms with Gasteiger partial charge in [-0.05, 0) is 43.2 Å². The summed E-state index contributed by atoms with van der Waals surface area (Å²) >= 11 is 5.93. The van der Waals surface area contributed by atoms with Gasteiger partial charge in [0.15, 0.2) is 0 Å². The average Bonchev–Trinajstić information content (AvgIpc) is 2.40. The normalized spacial score (nSPS) is 11.9. The van der Waals surface area contributed by atoms with Crippen molar-refractivity contribution in [3.05, 3.63) is 65.7 Å². The number of carbonyl (C=O) groups is 1. The van der Waals surface area contributed by atoms with E-state index in [0.29, 0.717) is 11.3 Å². The molecule has 0 saturated heterocycles. The Bertz CT molecular complexity index is 532. The Labute approximate surface area is 118 Å². The third-order valence-corrected chi connectivity index (χ3v) is 2.81. The number of para-hydroxylation sites is 1. The van der Waals surface area contributed by atoms with Crippen LogP contribution in [0.25, 0.3) is 0 Å². The monoisotopic (exact) mass is 274 g/mol. The molecule has 2 nitrogen and oxygen atoms in total. The molecule has 19 heavy (non-hydrogen) atoms. The summed E-state index contributed by atoms with van der Waals surface area (Å²) in [6.07, 6.45) is 0.787. The van der Waals surface area contributed by atoms with Crippen molar-refractivity contribution in [1.82, 2.24) is 0 Å². The molecule has 0 radical (unpaired) electrons. The molecule has 1 unspecified atom stereocenters. The number of carbonyl (C=O) groups excluding carboxylic acids is 1. The van der Waals surface area contributed by atoms with Crippen LogP contribution in [0.5, 0.6) is 5.75 Å². The first kappa shape index (κ1) is 13.6. The van der Waals surface area contributed by atoms with Crippen LogP contribution in [0.15, 0.2) is 54.6 Å². The van der Waals surface area contributed by atoms with Crippen molar-refractivity contribution in [2.75, 3.05) is 0 Å². The summed E-state index contributed by atoms with van der Waals surface area (Å²) in [4.78, 5) is 11.9. The van der Waals surface area contributed by atoms with Gasteiger partial charge >= 0.3 is 5.97 Å². The van der Waals surface area contributed by atoms with Crippen LogP contribution in [0.2, 0.25) is 0 Å².